The van der Waals surface area contributed by atoms with Crippen LogP contribution in [0.1, 0.15) is 36.0 Å². The van der Waals surface area contributed by atoms with E-state index < -0.39 is 28.8 Å². The van der Waals surface area contributed by atoms with Crippen molar-refractivity contribution in [3.8, 4) is 0 Å². The Morgan fingerprint density at radius 2 is 1.37 bits per heavy atom. The summed E-state index contributed by atoms with van der Waals surface area (Å²) in [6.45, 7) is 0. The number of rotatable bonds is 15. The van der Waals surface area contributed by atoms with E-state index >= 15 is 0 Å². The first-order valence-corrected chi connectivity index (χ1v) is 15.0. The number of hydrogen-bond acceptors (Lipinski definition) is 5. The predicted octanol–water partition coefficient (Wildman–Crippen LogP) is 5.73. The normalized spacial score (nSPS) is 13.2. The molecule has 0 saturated carbocycles. The minimum atomic E-state index is -1.06. The fourth-order valence-corrected chi connectivity index (χ4v) is 6.25. The molecule has 0 heterocycles. The number of amides is 1. The average molecular weight is 550 g/mol. The molecule has 200 valence electrons. The number of benzene rings is 3. The van der Waals surface area contributed by atoms with Crippen LogP contribution in [-0.2, 0) is 14.3 Å². The van der Waals surface area contributed by atoms with Crippen molar-refractivity contribution in [2.24, 2.45) is 0 Å². The van der Waals surface area contributed by atoms with E-state index in [0.717, 1.165) is 5.75 Å². The summed E-state index contributed by atoms with van der Waals surface area (Å²) in [5.74, 6) is -0.119. The molecule has 0 unspecified atom stereocenters. The number of hydrogen-bond donors (Lipinski definition) is 3. The Hall–Kier alpha value is -3.00. The summed E-state index contributed by atoms with van der Waals surface area (Å²) in [4.78, 5) is 23.6. The molecule has 3 aromatic carbocycles. The number of aliphatic hydroxyl groups excluding tert-OH is 1. The SMILES string of the molecule is CSCC[C@@H](NC(=O)C[C@H](O)/C=C/CCSC(c1ccccc1)(c1ccccc1)c1ccccc1)C(=O)O. The highest BCUT2D eigenvalue weighted by Crippen LogP contribution is 2.48. The van der Waals surface area contributed by atoms with Gasteiger partial charge in [-0.25, -0.2) is 4.79 Å². The van der Waals surface area contributed by atoms with Crippen molar-refractivity contribution in [1.82, 2.24) is 5.32 Å². The number of allylic oxidation sites excluding steroid dienone is 1. The van der Waals surface area contributed by atoms with E-state index in [1.807, 2.05) is 42.3 Å². The van der Waals surface area contributed by atoms with Crippen LogP contribution in [0.2, 0.25) is 0 Å². The van der Waals surface area contributed by atoms with Crippen molar-refractivity contribution in [1.29, 1.82) is 0 Å². The fraction of sp³-hybridized carbons (Fsp3) is 0.290. The van der Waals surface area contributed by atoms with E-state index in [1.165, 1.54) is 28.5 Å². The number of carboxylic acid groups (broad SMARTS) is 1. The predicted molar refractivity (Wildman–Crippen MR) is 159 cm³/mol. The van der Waals surface area contributed by atoms with Gasteiger partial charge in [0, 0.05) is 0 Å². The molecule has 0 saturated heterocycles. The maximum Gasteiger partial charge on any atom is 0.326 e. The van der Waals surface area contributed by atoms with Gasteiger partial charge in [-0.15, -0.1) is 11.8 Å². The van der Waals surface area contributed by atoms with Gasteiger partial charge in [0.25, 0.3) is 0 Å². The molecule has 0 radical (unpaired) electrons. The molecule has 7 heteroatoms. The number of thioether (sulfide) groups is 2. The molecule has 38 heavy (non-hydrogen) atoms. The molecule has 0 aliphatic rings. The van der Waals surface area contributed by atoms with Gasteiger partial charge in [-0.1, -0.05) is 103 Å². The summed E-state index contributed by atoms with van der Waals surface area (Å²) in [5.41, 5.74) is 3.58. The van der Waals surface area contributed by atoms with E-state index in [0.29, 0.717) is 18.6 Å². The van der Waals surface area contributed by atoms with Crippen LogP contribution in [-0.4, -0.2) is 52.0 Å². The molecule has 0 aromatic heterocycles. The topological polar surface area (TPSA) is 86.6 Å². The maximum atomic E-state index is 12.2. The summed E-state index contributed by atoms with van der Waals surface area (Å²) in [7, 11) is 0. The Balaban J connectivity index is 1.68. The van der Waals surface area contributed by atoms with Crippen molar-refractivity contribution in [3.05, 3.63) is 120 Å². The van der Waals surface area contributed by atoms with E-state index in [-0.39, 0.29) is 6.42 Å². The summed E-state index contributed by atoms with van der Waals surface area (Å²) < 4.78 is -0.404. The molecule has 0 bridgehead atoms. The maximum absolute atomic E-state index is 12.2. The van der Waals surface area contributed by atoms with Gasteiger partial charge in [-0.05, 0) is 47.3 Å². The summed E-state index contributed by atoms with van der Waals surface area (Å²) in [6, 6.07) is 30.5. The number of nitrogens with one attached hydrogen (secondary N) is 1. The first-order chi connectivity index (χ1) is 18.5. The number of carboxylic acids is 1. The Bertz CT molecular complexity index is 1060. The van der Waals surface area contributed by atoms with Crippen LogP contribution in [0.25, 0.3) is 0 Å². The number of aliphatic hydroxyl groups is 1. The Kier molecular flexibility index (Phi) is 12.0. The van der Waals surface area contributed by atoms with E-state index in [9.17, 15) is 19.8 Å². The number of carbonyl (C=O) groups is 2. The van der Waals surface area contributed by atoms with E-state index in [2.05, 4.69) is 78.1 Å². The van der Waals surface area contributed by atoms with Crippen molar-refractivity contribution in [2.75, 3.05) is 17.8 Å². The second-order valence-electron chi connectivity index (χ2n) is 8.86. The first-order valence-electron chi connectivity index (χ1n) is 12.6. The zero-order valence-corrected chi connectivity index (χ0v) is 23.2. The number of carbonyl (C=O) groups excluding carboxylic acids is 1. The minimum absolute atomic E-state index is 0.172. The monoisotopic (exact) mass is 549 g/mol. The first kappa shape index (κ1) is 29.6. The zero-order valence-electron chi connectivity index (χ0n) is 21.5. The van der Waals surface area contributed by atoms with Gasteiger partial charge in [0.1, 0.15) is 6.04 Å². The molecule has 0 spiro atoms. The molecule has 3 N–H and O–H groups in total. The lowest BCUT2D eigenvalue weighted by Gasteiger charge is -2.35. The lowest BCUT2D eigenvalue weighted by Crippen LogP contribution is -2.42. The van der Waals surface area contributed by atoms with Gasteiger partial charge < -0.3 is 15.5 Å². The smallest absolute Gasteiger partial charge is 0.326 e. The standard InChI is InChI=1S/C31H35NO4S2/c1-37-22-20-28(30(35)36)32-29(34)23-27(33)19-11-12-21-38-31(24-13-5-2-6-14-24,25-15-7-3-8-16-25)26-17-9-4-10-18-26/h2-11,13-19,27-28,33H,12,20-23H2,1H3,(H,32,34)(H,35,36)/b19-11+/t27-,28-/m1/s1. The quantitative estimate of drug-likeness (QED) is 0.128. The molecular formula is C31H35NO4S2. The molecule has 5 nitrogen and oxygen atoms in total. The third-order valence-corrected chi connectivity index (χ3v) is 8.36. The van der Waals surface area contributed by atoms with E-state index in [1.54, 1.807) is 6.08 Å². The summed E-state index contributed by atoms with van der Waals surface area (Å²) >= 11 is 3.36. The Labute approximate surface area is 233 Å². The van der Waals surface area contributed by atoms with Crippen molar-refractivity contribution in [3.63, 3.8) is 0 Å². The van der Waals surface area contributed by atoms with Crippen LogP contribution in [0.4, 0.5) is 0 Å². The second kappa shape index (κ2) is 15.4. The highest BCUT2D eigenvalue weighted by atomic mass is 32.2. The van der Waals surface area contributed by atoms with Crippen LogP contribution < -0.4 is 5.32 Å². The van der Waals surface area contributed by atoms with Crippen molar-refractivity contribution < 1.29 is 19.8 Å². The molecule has 0 aliphatic carbocycles. The largest absolute Gasteiger partial charge is 0.480 e. The summed E-state index contributed by atoms with van der Waals surface area (Å²) in [6.07, 6.45) is 5.29. The Morgan fingerprint density at radius 3 is 1.82 bits per heavy atom. The molecule has 3 aromatic rings. The second-order valence-corrected chi connectivity index (χ2v) is 11.2. The average Bonchev–Trinajstić information content (AvgIpc) is 2.94. The van der Waals surface area contributed by atoms with Gasteiger partial charge in [-0.3, -0.25) is 4.79 Å². The third-order valence-electron chi connectivity index (χ3n) is 6.14. The minimum Gasteiger partial charge on any atom is -0.480 e. The van der Waals surface area contributed by atoms with Crippen LogP contribution >= 0.6 is 23.5 Å². The van der Waals surface area contributed by atoms with Crippen LogP contribution in [0.15, 0.2) is 103 Å². The van der Waals surface area contributed by atoms with Gasteiger partial charge >= 0.3 is 5.97 Å². The van der Waals surface area contributed by atoms with Crippen LogP contribution in [0.3, 0.4) is 0 Å². The highest BCUT2D eigenvalue weighted by molar-refractivity contribution is 8.00. The summed E-state index contributed by atoms with van der Waals surface area (Å²) in [5, 5.41) is 22.1. The van der Waals surface area contributed by atoms with Gasteiger partial charge in [0.2, 0.25) is 5.91 Å². The number of aliphatic carboxylic acids is 1. The van der Waals surface area contributed by atoms with Crippen LogP contribution in [0.5, 0.6) is 0 Å². The van der Waals surface area contributed by atoms with Gasteiger partial charge in [0.15, 0.2) is 0 Å². The molecule has 0 fully saturated rings. The Morgan fingerprint density at radius 1 is 0.868 bits per heavy atom. The fourth-order valence-electron chi connectivity index (χ4n) is 4.31. The molecule has 0 aliphatic heterocycles. The molecule has 3 rings (SSSR count). The van der Waals surface area contributed by atoms with E-state index in [4.69, 9.17) is 0 Å². The van der Waals surface area contributed by atoms with Crippen molar-refractivity contribution in [2.45, 2.75) is 36.2 Å². The molecular weight excluding hydrogens is 514 g/mol. The molecule has 2 atom stereocenters. The van der Waals surface area contributed by atoms with Gasteiger partial charge in [-0.2, -0.15) is 11.8 Å². The lowest BCUT2D eigenvalue weighted by atomic mass is 9.84. The molecule has 1 amide bonds. The van der Waals surface area contributed by atoms with Crippen molar-refractivity contribution >= 4 is 35.4 Å². The zero-order chi connectivity index (χ0) is 27.2. The highest BCUT2D eigenvalue weighted by Gasteiger charge is 2.36. The van der Waals surface area contributed by atoms with Crippen LogP contribution in [0, 0.1) is 0 Å². The third kappa shape index (κ3) is 8.25. The van der Waals surface area contributed by atoms with Gasteiger partial charge in [0.05, 0.1) is 17.3 Å². The lowest BCUT2D eigenvalue weighted by molar-refractivity contribution is -0.142.